The topological polar surface area (TPSA) is 46.2 Å². The number of nitrogens with one attached hydrogen (secondary N) is 1. The second kappa shape index (κ2) is 4.31. The molecule has 1 aromatic rings. The quantitative estimate of drug-likeness (QED) is 0.775. The van der Waals surface area contributed by atoms with Gasteiger partial charge in [0.2, 0.25) is 0 Å². The van der Waals surface area contributed by atoms with E-state index in [4.69, 9.17) is 0 Å². The molecule has 3 nitrogen and oxygen atoms in total. The van der Waals surface area contributed by atoms with Gasteiger partial charge in [-0.1, -0.05) is 36.4 Å². The molecule has 0 saturated carbocycles. The monoisotopic (exact) mass is 219 g/mol. The summed E-state index contributed by atoms with van der Waals surface area (Å²) in [5.74, 6) is -0.291. The van der Waals surface area contributed by atoms with E-state index in [0.717, 1.165) is 17.3 Å². The van der Waals surface area contributed by atoms with Crippen molar-refractivity contribution in [3.63, 3.8) is 0 Å². The smallest absolute Gasteiger partial charge is 0.282 e. The highest BCUT2D eigenvalue weighted by molar-refractivity contribution is 8.18. The Labute approximate surface area is 91.6 Å². The van der Waals surface area contributed by atoms with Crippen molar-refractivity contribution in [1.82, 2.24) is 5.32 Å². The van der Waals surface area contributed by atoms with Crippen molar-refractivity contribution in [3.8, 4) is 0 Å². The second-order valence-corrected chi connectivity index (χ2v) is 4.12. The highest BCUT2D eigenvalue weighted by atomic mass is 32.2. The van der Waals surface area contributed by atoms with Crippen molar-refractivity contribution in [2.75, 3.05) is 0 Å². The minimum absolute atomic E-state index is 0.291. The summed E-state index contributed by atoms with van der Waals surface area (Å²) in [6, 6.07) is 9.80. The van der Waals surface area contributed by atoms with Crippen molar-refractivity contribution in [1.29, 1.82) is 0 Å². The Morgan fingerprint density at radius 1 is 1.20 bits per heavy atom. The van der Waals surface area contributed by atoms with Crippen molar-refractivity contribution in [3.05, 3.63) is 46.9 Å². The SMILES string of the molecule is O=C1NC(=O)/C(=C\Cc2ccccc2)S1. The lowest BCUT2D eigenvalue weighted by Gasteiger charge is -1.95. The van der Waals surface area contributed by atoms with Crippen molar-refractivity contribution in [2.24, 2.45) is 0 Å². The number of benzene rings is 1. The number of hydrogen-bond acceptors (Lipinski definition) is 3. The van der Waals surface area contributed by atoms with Crippen LogP contribution in [0.1, 0.15) is 5.56 Å². The second-order valence-electron chi connectivity index (χ2n) is 3.10. The maximum atomic E-state index is 11.2. The lowest BCUT2D eigenvalue weighted by molar-refractivity contribution is -0.115. The van der Waals surface area contributed by atoms with Gasteiger partial charge in [-0.2, -0.15) is 0 Å². The summed E-state index contributed by atoms with van der Waals surface area (Å²) < 4.78 is 0. The zero-order chi connectivity index (χ0) is 10.7. The van der Waals surface area contributed by atoms with Crippen LogP contribution < -0.4 is 5.32 Å². The number of rotatable bonds is 2. The van der Waals surface area contributed by atoms with Gasteiger partial charge >= 0.3 is 0 Å². The highest BCUT2D eigenvalue weighted by Crippen LogP contribution is 2.23. The molecular formula is C11H9NO2S. The number of imide groups is 1. The fourth-order valence-corrected chi connectivity index (χ4v) is 1.94. The molecule has 0 aromatic heterocycles. The van der Waals surface area contributed by atoms with Gasteiger partial charge in [0.15, 0.2) is 0 Å². The van der Waals surface area contributed by atoms with Gasteiger partial charge in [-0.25, -0.2) is 0 Å². The molecule has 1 heterocycles. The Morgan fingerprint density at radius 3 is 2.53 bits per heavy atom. The number of thioether (sulfide) groups is 1. The van der Waals surface area contributed by atoms with Gasteiger partial charge in [0.25, 0.3) is 11.1 Å². The third-order valence-corrected chi connectivity index (χ3v) is 2.87. The van der Waals surface area contributed by atoms with Crippen LogP contribution in [-0.2, 0) is 11.2 Å². The Morgan fingerprint density at radius 2 is 1.93 bits per heavy atom. The zero-order valence-corrected chi connectivity index (χ0v) is 8.71. The molecule has 0 spiro atoms. The summed E-state index contributed by atoms with van der Waals surface area (Å²) in [5.41, 5.74) is 1.12. The molecule has 76 valence electrons. The fraction of sp³-hybridized carbons (Fsp3) is 0.0909. The van der Waals surface area contributed by atoms with Gasteiger partial charge in [0.1, 0.15) is 0 Å². The van der Waals surface area contributed by atoms with Crippen LogP contribution in [0.4, 0.5) is 4.79 Å². The van der Waals surface area contributed by atoms with Crippen LogP contribution in [0.15, 0.2) is 41.3 Å². The van der Waals surface area contributed by atoms with Crippen LogP contribution in [0.3, 0.4) is 0 Å². The first kappa shape index (κ1) is 9.98. The van der Waals surface area contributed by atoms with E-state index in [0.29, 0.717) is 11.3 Å². The lowest BCUT2D eigenvalue weighted by Crippen LogP contribution is -2.17. The molecule has 0 bridgehead atoms. The summed E-state index contributed by atoms with van der Waals surface area (Å²) in [5, 5.41) is 1.93. The summed E-state index contributed by atoms with van der Waals surface area (Å²) in [7, 11) is 0. The zero-order valence-electron chi connectivity index (χ0n) is 7.90. The Balaban J connectivity index is 2.06. The molecule has 1 aliphatic heterocycles. The predicted octanol–water partition coefficient (Wildman–Crippen LogP) is 2.10. The third kappa shape index (κ3) is 2.47. The van der Waals surface area contributed by atoms with E-state index < -0.39 is 0 Å². The maximum Gasteiger partial charge on any atom is 0.290 e. The molecule has 15 heavy (non-hydrogen) atoms. The van der Waals surface area contributed by atoms with Crippen molar-refractivity contribution in [2.45, 2.75) is 6.42 Å². The Bertz CT molecular complexity index is 425. The fourth-order valence-electron chi connectivity index (χ4n) is 1.29. The van der Waals surface area contributed by atoms with Gasteiger partial charge in [-0.05, 0) is 23.7 Å². The largest absolute Gasteiger partial charge is 0.290 e. The van der Waals surface area contributed by atoms with Gasteiger partial charge in [0.05, 0.1) is 4.91 Å². The summed E-state index contributed by atoms with van der Waals surface area (Å²) in [4.78, 5) is 22.5. The molecular weight excluding hydrogens is 210 g/mol. The Kier molecular flexibility index (Phi) is 2.87. The maximum absolute atomic E-state index is 11.2. The van der Waals surface area contributed by atoms with Gasteiger partial charge in [-0.15, -0.1) is 0 Å². The molecule has 1 fully saturated rings. The van der Waals surface area contributed by atoms with Crippen molar-refractivity contribution >= 4 is 22.9 Å². The molecule has 0 radical (unpaired) electrons. The van der Waals surface area contributed by atoms with E-state index in [1.54, 1.807) is 6.08 Å². The van der Waals surface area contributed by atoms with E-state index in [1.165, 1.54) is 0 Å². The number of carbonyl (C=O) groups excluding carboxylic acids is 2. The summed E-state index contributed by atoms with van der Waals surface area (Å²) in [6.45, 7) is 0. The average Bonchev–Trinajstić information content (AvgIpc) is 2.56. The normalized spacial score (nSPS) is 18.3. The van der Waals surface area contributed by atoms with E-state index in [9.17, 15) is 9.59 Å². The number of hydrogen-bond donors (Lipinski definition) is 1. The molecule has 1 aliphatic rings. The predicted molar refractivity (Wildman–Crippen MR) is 59.4 cm³/mol. The molecule has 1 N–H and O–H groups in total. The number of amides is 2. The molecule has 0 aliphatic carbocycles. The third-order valence-electron chi connectivity index (χ3n) is 2.01. The van der Waals surface area contributed by atoms with Crippen LogP contribution in [0.2, 0.25) is 0 Å². The summed E-state index contributed by atoms with van der Waals surface area (Å²) >= 11 is 0.954. The Hall–Kier alpha value is -1.55. The van der Waals surface area contributed by atoms with Gasteiger partial charge in [-0.3, -0.25) is 14.9 Å². The molecule has 0 atom stereocenters. The highest BCUT2D eigenvalue weighted by Gasteiger charge is 2.24. The molecule has 1 aromatic carbocycles. The minimum atomic E-state index is -0.292. The van der Waals surface area contributed by atoms with E-state index in [1.807, 2.05) is 30.3 Å². The lowest BCUT2D eigenvalue weighted by atomic mass is 10.1. The molecule has 4 heteroatoms. The summed E-state index contributed by atoms with van der Waals surface area (Å²) in [6.07, 6.45) is 2.45. The van der Waals surface area contributed by atoms with Crippen LogP contribution >= 0.6 is 11.8 Å². The first-order valence-electron chi connectivity index (χ1n) is 4.53. The number of allylic oxidation sites excluding steroid dienone is 1. The van der Waals surface area contributed by atoms with Gasteiger partial charge < -0.3 is 0 Å². The average molecular weight is 219 g/mol. The number of carbonyl (C=O) groups is 2. The molecule has 2 amide bonds. The van der Waals surface area contributed by atoms with E-state index in [2.05, 4.69) is 5.32 Å². The van der Waals surface area contributed by atoms with E-state index >= 15 is 0 Å². The molecule has 0 unspecified atom stereocenters. The van der Waals surface area contributed by atoms with Crippen LogP contribution in [0.25, 0.3) is 0 Å². The molecule has 1 saturated heterocycles. The first-order valence-corrected chi connectivity index (χ1v) is 5.34. The first-order chi connectivity index (χ1) is 7.25. The molecule has 2 rings (SSSR count). The van der Waals surface area contributed by atoms with Gasteiger partial charge in [0, 0.05) is 0 Å². The standard InChI is InChI=1S/C11H9NO2S/c13-10-9(15-11(14)12-10)7-6-8-4-2-1-3-5-8/h1-5,7H,6H2,(H,12,13,14)/b9-7+. The van der Waals surface area contributed by atoms with Crippen LogP contribution in [0, 0.1) is 0 Å². The van der Waals surface area contributed by atoms with Crippen LogP contribution in [-0.4, -0.2) is 11.1 Å². The van der Waals surface area contributed by atoms with Crippen molar-refractivity contribution < 1.29 is 9.59 Å². The minimum Gasteiger partial charge on any atom is -0.282 e. The van der Waals surface area contributed by atoms with Crippen LogP contribution in [0.5, 0.6) is 0 Å². The van der Waals surface area contributed by atoms with E-state index in [-0.39, 0.29) is 11.1 Å².